The SMILES string of the molecule is Cc1ccc(-c2ccc(C(=O)NC(=S)Nc3ccc(N4CCN(Cc5ccccc5F)CC4)cc3)o2)cc1Cl. The number of carbonyl (C=O) groups is 1. The lowest BCUT2D eigenvalue weighted by Gasteiger charge is -2.36. The second kappa shape index (κ2) is 12.0. The van der Waals surface area contributed by atoms with E-state index >= 15 is 0 Å². The van der Waals surface area contributed by atoms with Crippen molar-refractivity contribution in [2.24, 2.45) is 0 Å². The summed E-state index contributed by atoms with van der Waals surface area (Å²) in [4.78, 5) is 17.2. The highest BCUT2D eigenvalue weighted by atomic mass is 35.5. The first-order valence-electron chi connectivity index (χ1n) is 12.7. The highest BCUT2D eigenvalue weighted by Crippen LogP contribution is 2.27. The first-order valence-corrected chi connectivity index (χ1v) is 13.4. The Bertz CT molecular complexity index is 1480. The molecule has 9 heteroatoms. The molecule has 1 aromatic heterocycles. The van der Waals surface area contributed by atoms with Gasteiger partial charge in [0.15, 0.2) is 10.9 Å². The quantitative estimate of drug-likeness (QED) is 0.262. The first-order chi connectivity index (χ1) is 18.9. The molecule has 1 aliphatic rings. The molecule has 0 radical (unpaired) electrons. The van der Waals surface area contributed by atoms with Gasteiger partial charge in [-0.05, 0) is 73.2 Å². The van der Waals surface area contributed by atoms with Crippen molar-refractivity contribution in [2.45, 2.75) is 13.5 Å². The lowest BCUT2D eigenvalue weighted by Crippen LogP contribution is -2.46. The summed E-state index contributed by atoms with van der Waals surface area (Å²) in [6, 6.07) is 23.7. The number of piperazine rings is 1. The van der Waals surface area contributed by atoms with Crippen LogP contribution in [-0.2, 0) is 6.54 Å². The van der Waals surface area contributed by atoms with Gasteiger partial charge in [0, 0.05) is 60.2 Å². The lowest BCUT2D eigenvalue weighted by atomic mass is 10.1. The van der Waals surface area contributed by atoms with Gasteiger partial charge in [-0.1, -0.05) is 41.9 Å². The maximum absolute atomic E-state index is 14.0. The van der Waals surface area contributed by atoms with Crippen LogP contribution < -0.4 is 15.5 Å². The minimum absolute atomic E-state index is 0.148. The molecule has 0 atom stereocenters. The monoisotopic (exact) mass is 562 g/mol. The van der Waals surface area contributed by atoms with E-state index in [1.54, 1.807) is 24.3 Å². The summed E-state index contributed by atoms with van der Waals surface area (Å²) >= 11 is 11.5. The van der Waals surface area contributed by atoms with Crippen molar-refractivity contribution < 1.29 is 13.6 Å². The van der Waals surface area contributed by atoms with Crippen LogP contribution in [0.4, 0.5) is 15.8 Å². The van der Waals surface area contributed by atoms with Crippen LogP contribution in [-0.4, -0.2) is 42.1 Å². The minimum atomic E-state index is -0.443. The topological polar surface area (TPSA) is 60.8 Å². The molecule has 6 nitrogen and oxygen atoms in total. The number of nitrogens with zero attached hydrogens (tertiary/aromatic N) is 2. The summed E-state index contributed by atoms with van der Waals surface area (Å²) in [5.41, 5.74) is 4.34. The van der Waals surface area contributed by atoms with Crippen molar-refractivity contribution in [3.63, 3.8) is 0 Å². The molecule has 3 aromatic carbocycles. The van der Waals surface area contributed by atoms with Crippen molar-refractivity contribution in [1.82, 2.24) is 10.2 Å². The van der Waals surface area contributed by atoms with Gasteiger partial charge in [0.05, 0.1) is 0 Å². The molecule has 0 unspecified atom stereocenters. The molecule has 0 saturated carbocycles. The number of carbonyl (C=O) groups excluding carboxylic acids is 1. The van der Waals surface area contributed by atoms with Crippen LogP contribution in [0.5, 0.6) is 0 Å². The largest absolute Gasteiger partial charge is 0.451 e. The van der Waals surface area contributed by atoms with Crippen LogP contribution in [0.15, 0.2) is 83.3 Å². The Hall–Kier alpha value is -3.72. The number of amides is 1. The number of thiocarbonyl (C=S) groups is 1. The predicted octanol–water partition coefficient (Wildman–Crippen LogP) is 6.50. The summed E-state index contributed by atoms with van der Waals surface area (Å²) in [5, 5.41) is 6.50. The highest BCUT2D eigenvalue weighted by Gasteiger charge is 2.19. The van der Waals surface area contributed by atoms with Gasteiger partial charge in [0.2, 0.25) is 0 Å². The smallest absolute Gasteiger partial charge is 0.293 e. The van der Waals surface area contributed by atoms with E-state index in [9.17, 15) is 9.18 Å². The van der Waals surface area contributed by atoms with E-state index in [2.05, 4.69) is 20.4 Å². The molecule has 1 fully saturated rings. The zero-order valence-corrected chi connectivity index (χ0v) is 23.0. The number of rotatable bonds is 6. The van der Waals surface area contributed by atoms with Gasteiger partial charge in [0.25, 0.3) is 5.91 Å². The minimum Gasteiger partial charge on any atom is -0.451 e. The molecular formula is C30H28ClFN4O2S. The molecule has 0 aliphatic carbocycles. The Morgan fingerprint density at radius 2 is 1.74 bits per heavy atom. The number of hydrogen-bond donors (Lipinski definition) is 2. The fourth-order valence-corrected chi connectivity index (χ4v) is 4.87. The second-order valence-electron chi connectivity index (χ2n) is 9.44. The molecule has 1 aliphatic heterocycles. The zero-order valence-electron chi connectivity index (χ0n) is 21.4. The highest BCUT2D eigenvalue weighted by molar-refractivity contribution is 7.80. The molecule has 2 heterocycles. The van der Waals surface area contributed by atoms with E-state index in [0.717, 1.165) is 54.2 Å². The zero-order chi connectivity index (χ0) is 27.4. The molecule has 0 bridgehead atoms. The average molecular weight is 563 g/mol. The van der Waals surface area contributed by atoms with Crippen molar-refractivity contribution in [1.29, 1.82) is 0 Å². The Balaban J connectivity index is 1.11. The molecule has 4 aromatic rings. The number of halogens is 2. The van der Waals surface area contributed by atoms with Crippen LogP contribution >= 0.6 is 23.8 Å². The molecule has 200 valence electrons. The number of benzene rings is 3. The second-order valence-corrected chi connectivity index (χ2v) is 10.3. The van der Waals surface area contributed by atoms with Crippen molar-refractivity contribution in [3.05, 3.63) is 107 Å². The molecule has 1 saturated heterocycles. The normalized spacial score (nSPS) is 13.8. The van der Waals surface area contributed by atoms with E-state index in [1.807, 2.05) is 55.5 Å². The number of nitrogens with one attached hydrogen (secondary N) is 2. The van der Waals surface area contributed by atoms with Gasteiger partial charge in [0.1, 0.15) is 11.6 Å². The maximum atomic E-state index is 14.0. The van der Waals surface area contributed by atoms with E-state index in [4.69, 9.17) is 28.2 Å². The van der Waals surface area contributed by atoms with Crippen molar-refractivity contribution >= 4 is 46.2 Å². The molecule has 39 heavy (non-hydrogen) atoms. The average Bonchev–Trinajstić information content (AvgIpc) is 3.43. The Kier molecular flexibility index (Phi) is 8.26. The summed E-state index contributed by atoms with van der Waals surface area (Å²) in [6.07, 6.45) is 0. The van der Waals surface area contributed by atoms with Gasteiger partial charge < -0.3 is 14.6 Å². The van der Waals surface area contributed by atoms with Gasteiger partial charge in [-0.3, -0.25) is 15.0 Å². The fraction of sp³-hybridized carbons (Fsp3) is 0.200. The van der Waals surface area contributed by atoms with Gasteiger partial charge in [-0.15, -0.1) is 0 Å². The van der Waals surface area contributed by atoms with Crippen LogP contribution in [0.25, 0.3) is 11.3 Å². The Labute approximate surface area is 237 Å². The van der Waals surface area contributed by atoms with Crippen LogP contribution in [0, 0.1) is 12.7 Å². The third-order valence-corrected chi connectivity index (χ3v) is 7.34. The van der Waals surface area contributed by atoms with Gasteiger partial charge >= 0.3 is 0 Å². The number of anilines is 2. The molecular weight excluding hydrogens is 535 g/mol. The first kappa shape index (κ1) is 26.9. The molecule has 5 rings (SSSR count). The molecule has 2 N–H and O–H groups in total. The summed E-state index contributed by atoms with van der Waals surface area (Å²) < 4.78 is 19.7. The van der Waals surface area contributed by atoms with E-state index in [0.29, 0.717) is 17.3 Å². The molecule has 0 spiro atoms. The van der Waals surface area contributed by atoms with E-state index in [1.165, 1.54) is 6.07 Å². The van der Waals surface area contributed by atoms with Crippen molar-refractivity contribution in [2.75, 3.05) is 36.4 Å². The number of aryl methyl sites for hydroxylation is 1. The molecule has 1 amide bonds. The lowest BCUT2D eigenvalue weighted by molar-refractivity contribution is 0.0951. The Morgan fingerprint density at radius 3 is 2.46 bits per heavy atom. The number of hydrogen-bond acceptors (Lipinski definition) is 5. The predicted molar refractivity (Wildman–Crippen MR) is 158 cm³/mol. The summed E-state index contributed by atoms with van der Waals surface area (Å²) in [6.45, 7) is 5.97. The summed E-state index contributed by atoms with van der Waals surface area (Å²) in [5.74, 6) is 0.0976. The van der Waals surface area contributed by atoms with Crippen LogP contribution in [0.1, 0.15) is 21.7 Å². The van der Waals surface area contributed by atoms with Crippen molar-refractivity contribution in [3.8, 4) is 11.3 Å². The fourth-order valence-electron chi connectivity index (χ4n) is 4.48. The van der Waals surface area contributed by atoms with E-state index < -0.39 is 5.91 Å². The maximum Gasteiger partial charge on any atom is 0.293 e. The standard InChI is InChI=1S/C30H28ClFN4O2S/c1-20-6-7-21(18-25(20)31)27-12-13-28(38-27)29(37)34-30(39)33-23-8-10-24(11-9-23)36-16-14-35(15-17-36)19-22-4-2-3-5-26(22)32/h2-13,18H,14-17,19H2,1H3,(H2,33,34,37,39). The Morgan fingerprint density at radius 1 is 1.00 bits per heavy atom. The van der Waals surface area contributed by atoms with Crippen LogP contribution in [0.2, 0.25) is 5.02 Å². The van der Waals surface area contributed by atoms with Gasteiger partial charge in [-0.25, -0.2) is 4.39 Å². The van der Waals surface area contributed by atoms with Gasteiger partial charge in [-0.2, -0.15) is 0 Å². The summed E-state index contributed by atoms with van der Waals surface area (Å²) in [7, 11) is 0. The van der Waals surface area contributed by atoms with Crippen LogP contribution in [0.3, 0.4) is 0 Å². The third-order valence-electron chi connectivity index (χ3n) is 6.73. The third kappa shape index (κ3) is 6.65. The number of furan rings is 1. The van der Waals surface area contributed by atoms with E-state index in [-0.39, 0.29) is 16.7 Å².